The summed E-state index contributed by atoms with van der Waals surface area (Å²) in [5.41, 5.74) is 3.18. The highest BCUT2D eigenvalue weighted by molar-refractivity contribution is 5.92. The van der Waals surface area contributed by atoms with Gasteiger partial charge in [0.2, 0.25) is 5.91 Å². The largest absolute Gasteiger partial charge is 0.483 e. The average molecular weight is 531 g/mol. The van der Waals surface area contributed by atoms with Gasteiger partial charge in [-0.25, -0.2) is 4.79 Å². The Bertz CT molecular complexity index is 1290. The van der Waals surface area contributed by atoms with Crippen LogP contribution in [0.3, 0.4) is 0 Å². The lowest BCUT2D eigenvalue weighted by Crippen LogP contribution is -2.68. The summed E-state index contributed by atoms with van der Waals surface area (Å²) < 4.78 is 12.4. The Morgan fingerprint density at radius 3 is 2.74 bits per heavy atom. The Hall–Kier alpha value is -3.16. The van der Waals surface area contributed by atoms with Crippen molar-refractivity contribution >= 4 is 18.0 Å². The Labute approximate surface area is 230 Å². The van der Waals surface area contributed by atoms with E-state index in [1.807, 2.05) is 41.3 Å². The standard InChI is InChI=1S/C32H38N2O5/c1-20(2)18-34(27(36)14-9-21-7-5-4-6-8-21)24-12-11-23-25-17-22-10-13-26(38-28(37)19-35)30-29(22)32(23,31(24)39-30)15-16-33(25)3/h4-10,13-14,20,23-25,31,35H,11-12,15-19H2,1-3H3/b14-9+/t23-,24?,25+,31?,32-/m0/s1. The van der Waals surface area contributed by atoms with Gasteiger partial charge >= 0.3 is 5.97 Å². The predicted molar refractivity (Wildman–Crippen MR) is 149 cm³/mol. The van der Waals surface area contributed by atoms with Crippen LogP contribution in [0.1, 0.15) is 49.8 Å². The normalized spacial score (nSPS) is 28.7. The van der Waals surface area contributed by atoms with Gasteiger partial charge in [-0.2, -0.15) is 0 Å². The van der Waals surface area contributed by atoms with E-state index in [2.05, 4.69) is 31.9 Å². The first-order chi connectivity index (χ1) is 18.8. The van der Waals surface area contributed by atoms with Crippen LogP contribution in [0.25, 0.3) is 6.08 Å². The molecule has 0 aromatic heterocycles. The van der Waals surface area contributed by atoms with E-state index < -0.39 is 12.6 Å². The maximum atomic E-state index is 13.8. The maximum absolute atomic E-state index is 13.8. The van der Waals surface area contributed by atoms with Crippen molar-refractivity contribution in [1.29, 1.82) is 0 Å². The molecule has 206 valence electrons. The van der Waals surface area contributed by atoms with Crippen molar-refractivity contribution in [2.24, 2.45) is 11.8 Å². The number of hydrogen-bond donors (Lipinski definition) is 1. The molecule has 7 heteroatoms. The number of esters is 1. The number of carbonyl (C=O) groups is 2. The molecular weight excluding hydrogens is 492 g/mol. The van der Waals surface area contributed by atoms with Crippen molar-refractivity contribution in [3.8, 4) is 11.5 Å². The van der Waals surface area contributed by atoms with Gasteiger partial charge in [-0.1, -0.05) is 50.2 Å². The number of likely N-dealkylation sites (N-methyl/N-ethyl adjacent to an activating group) is 1. The number of carbonyl (C=O) groups excluding carboxylic acids is 2. The second kappa shape index (κ2) is 10.1. The zero-order valence-electron chi connectivity index (χ0n) is 23.0. The van der Waals surface area contributed by atoms with Crippen molar-refractivity contribution in [2.45, 2.75) is 63.1 Å². The minimum atomic E-state index is -0.699. The van der Waals surface area contributed by atoms with Crippen LogP contribution in [-0.2, 0) is 21.4 Å². The molecule has 1 saturated carbocycles. The fourth-order valence-electron chi connectivity index (χ4n) is 7.86. The van der Waals surface area contributed by atoms with E-state index in [1.165, 1.54) is 11.1 Å². The van der Waals surface area contributed by atoms with E-state index in [0.717, 1.165) is 37.8 Å². The van der Waals surface area contributed by atoms with Gasteiger partial charge in [-0.3, -0.25) is 4.79 Å². The summed E-state index contributed by atoms with van der Waals surface area (Å²) in [5, 5.41) is 9.35. The van der Waals surface area contributed by atoms with Crippen molar-refractivity contribution in [3.63, 3.8) is 0 Å². The summed E-state index contributed by atoms with van der Waals surface area (Å²) in [6, 6.07) is 14.1. The van der Waals surface area contributed by atoms with E-state index in [1.54, 1.807) is 12.1 Å². The van der Waals surface area contributed by atoms with Crippen LogP contribution in [0.15, 0.2) is 48.5 Å². The Morgan fingerprint density at radius 1 is 1.21 bits per heavy atom. The quantitative estimate of drug-likeness (QED) is 0.333. The number of amides is 1. The smallest absolute Gasteiger partial charge is 0.337 e. The summed E-state index contributed by atoms with van der Waals surface area (Å²) in [7, 11) is 2.22. The summed E-state index contributed by atoms with van der Waals surface area (Å²) in [6.45, 7) is 5.20. The average Bonchev–Trinajstić information content (AvgIpc) is 3.29. The van der Waals surface area contributed by atoms with Gasteiger partial charge in [-0.15, -0.1) is 0 Å². The highest BCUT2D eigenvalue weighted by Crippen LogP contribution is 2.64. The summed E-state index contributed by atoms with van der Waals surface area (Å²) in [5.74, 6) is 1.01. The molecule has 0 radical (unpaired) electrons. The number of benzene rings is 2. The van der Waals surface area contributed by atoms with Gasteiger partial charge in [0.05, 0.1) is 6.04 Å². The zero-order valence-corrected chi connectivity index (χ0v) is 23.0. The van der Waals surface area contributed by atoms with Crippen LogP contribution in [0, 0.1) is 11.8 Å². The van der Waals surface area contributed by atoms with E-state index >= 15 is 0 Å². The molecule has 2 heterocycles. The molecule has 2 aromatic carbocycles. The van der Waals surface area contributed by atoms with E-state index in [9.17, 15) is 14.7 Å². The monoisotopic (exact) mass is 530 g/mol. The number of hydrogen-bond acceptors (Lipinski definition) is 6. The molecule has 2 aliphatic carbocycles. The molecule has 2 aromatic rings. The molecule has 7 nitrogen and oxygen atoms in total. The Morgan fingerprint density at radius 2 is 2.00 bits per heavy atom. The first-order valence-corrected chi connectivity index (χ1v) is 14.2. The summed E-state index contributed by atoms with van der Waals surface area (Å²) >= 11 is 0. The first-order valence-electron chi connectivity index (χ1n) is 14.2. The molecule has 5 atom stereocenters. The van der Waals surface area contributed by atoms with Crippen LogP contribution in [0.2, 0.25) is 0 Å². The van der Waals surface area contributed by atoms with Crippen molar-refractivity contribution in [1.82, 2.24) is 9.80 Å². The third-order valence-corrected chi connectivity index (χ3v) is 9.36. The third-order valence-electron chi connectivity index (χ3n) is 9.36. The van der Waals surface area contributed by atoms with Gasteiger partial charge in [0.15, 0.2) is 11.5 Å². The number of piperidine rings is 1. The second-order valence-electron chi connectivity index (χ2n) is 12.0. The molecule has 2 bridgehead atoms. The molecule has 1 spiro atoms. The van der Waals surface area contributed by atoms with Crippen LogP contribution in [-0.4, -0.2) is 71.7 Å². The van der Waals surface area contributed by atoms with E-state index in [-0.39, 0.29) is 23.5 Å². The van der Waals surface area contributed by atoms with Crippen molar-refractivity contribution in [2.75, 3.05) is 26.7 Å². The van der Waals surface area contributed by atoms with Gasteiger partial charge in [-0.05, 0) is 74.4 Å². The first kappa shape index (κ1) is 26.1. The van der Waals surface area contributed by atoms with Crippen LogP contribution >= 0.6 is 0 Å². The predicted octanol–water partition coefficient (Wildman–Crippen LogP) is 3.82. The Kier molecular flexibility index (Phi) is 6.76. The third kappa shape index (κ3) is 4.27. The molecule has 6 rings (SSSR count). The summed E-state index contributed by atoms with van der Waals surface area (Å²) in [4.78, 5) is 30.4. The highest BCUT2D eigenvalue weighted by atomic mass is 16.6. The Balaban J connectivity index is 1.41. The number of aliphatic hydroxyl groups is 1. The van der Waals surface area contributed by atoms with Gasteiger partial charge in [0.1, 0.15) is 12.7 Å². The van der Waals surface area contributed by atoms with Crippen LogP contribution < -0.4 is 9.47 Å². The summed E-state index contributed by atoms with van der Waals surface area (Å²) in [6.07, 6.45) is 7.13. The minimum absolute atomic E-state index is 0.000554. The van der Waals surface area contributed by atoms with Gasteiger partial charge < -0.3 is 24.4 Å². The van der Waals surface area contributed by atoms with Crippen LogP contribution in [0.4, 0.5) is 0 Å². The molecule has 2 aliphatic heterocycles. The molecule has 39 heavy (non-hydrogen) atoms. The van der Waals surface area contributed by atoms with Crippen molar-refractivity contribution < 1.29 is 24.2 Å². The van der Waals surface area contributed by atoms with Gasteiger partial charge in [0.25, 0.3) is 0 Å². The SMILES string of the molecule is CC(C)CN(C(=O)/C=C/c1ccccc1)C1CC[C@H]2[C@H]3Cc4ccc(OC(=O)CO)c5c4[C@@]2(CCN3C)C1O5. The molecule has 2 fully saturated rings. The van der Waals surface area contributed by atoms with E-state index in [0.29, 0.717) is 35.9 Å². The minimum Gasteiger partial charge on any atom is -0.483 e. The highest BCUT2D eigenvalue weighted by Gasteiger charge is 2.66. The molecule has 1 saturated heterocycles. The topological polar surface area (TPSA) is 79.3 Å². The fourth-order valence-corrected chi connectivity index (χ4v) is 7.86. The molecule has 1 N–H and O–H groups in total. The fraction of sp³-hybridized carbons (Fsp3) is 0.500. The second-order valence-corrected chi connectivity index (χ2v) is 12.0. The maximum Gasteiger partial charge on any atom is 0.337 e. The molecular formula is C32H38N2O5. The molecule has 1 amide bonds. The number of aliphatic hydroxyl groups excluding tert-OH is 1. The molecule has 4 aliphatic rings. The number of ether oxygens (including phenoxy) is 2. The lowest BCUT2D eigenvalue weighted by molar-refractivity contribution is -0.138. The van der Waals surface area contributed by atoms with Crippen molar-refractivity contribution in [3.05, 3.63) is 65.2 Å². The van der Waals surface area contributed by atoms with E-state index in [4.69, 9.17) is 9.47 Å². The number of nitrogens with zero attached hydrogens (tertiary/aromatic N) is 2. The van der Waals surface area contributed by atoms with Crippen LogP contribution in [0.5, 0.6) is 11.5 Å². The van der Waals surface area contributed by atoms with Gasteiger partial charge in [0, 0.05) is 29.6 Å². The lowest BCUT2D eigenvalue weighted by Gasteiger charge is -2.60. The lowest BCUT2D eigenvalue weighted by atomic mass is 9.51. The number of rotatable bonds is 7. The number of likely N-dealkylation sites (tertiary alicyclic amines) is 1. The molecule has 2 unspecified atom stereocenters. The zero-order chi connectivity index (χ0) is 27.3.